The fourth-order valence-electron chi connectivity index (χ4n) is 3.46. The van der Waals surface area contributed by atoms with Crippen LogP contribution in [0.5, 0.6) is 0 Å². The molecule has 0 saturated heterocycles. The number of nitrogens with one attached hydrogen (secondary N) is 1. The Morgan fingerprint density at radius 2 is 1.90 bits per heavy atom. The third-order valence-electron chi connectivity index (χ3n) is 4.57. The van der Waals surface area contributed by atoms with Crippen LogP contribution in [0.4, 0.5) is 5.69 Å². The van der Waals surface area contributed by atoms with E-state index >= 15 is 0 Å². The van der Waals surface area contributed by atoms with E-state index in [1.165, 1.54) is 19.3 Å². The predicted octanol–water partition coefficient (Wildman–Crippen LogP) is 2.51. The van der Waals surface area contributed by atoms with Gasteiger partial charge in [0, 0.05) is 19.6 Å². The Kier molecular flexibility index (Phi) is 4.50. The van der Waals surface area contributed by atoms with E-state index in [4.69, 9.17) is 0 Å². The van der Waals surface area contributed by atoms with Gasteiger partial charge in [0.1, 0.15) is 0 Å². The number of rotatable bonds is 3. The molecule has 3 rings (SSSR count). The van der Waals surface area contributed by atoms with Crippen molar-refractivity contribution in [3.05, 3.63) is 29.8 Å². The van der Waals surface area contributed by atoms with Gasteiger partial charge >= 0.3 is 0 Å². The third kappa shape index (κ3) is 3.40. The molecule has 116 valence electrons. The van der Waals surface area contributed by atoms with Gasteiger partial charge in [-0.25, -0.2) is 8.42 Å². The van der Waals surface area contributed by atoms with Crippen molar-refractivity contribution in [2.24, 2.45) is 5.92 Å². The molecule has 1 saturated carbocycles. The Morgan fingerprint density at radius 3 is 2.71 bits per heavy atom. The minimum atomic E-state index is -3.23. The lowest BCUT2D eigenvalue weighted by atomic mass is 9.91. The van der Waals surface area contributed by atoms with Crippen molar-refractivity contribution in [3.63, 3.8) is 0 Å². The van der Waals surface area contributed by atoms with Crippen molar-refractivity contribution in [3.8, 4) is 0 Å². The number of anilines is 1. The lowest BCUT2D eigenvalue weighted by Crippen LogP contribution is -2.38. The van der Waals surface area contributed by atoms with Crippen LogP contribution in [-0.2, 0) is 16.6 Å². The summed E-state index contributed by atoms with van der Waals surface area (Å²) in [6, 6.07) is 7.84. The van der Waals surface area contributed by atoms with Crippen LogP contribution in [0.3, 0.4) is 0 Å². The molecule has 0 amide bonds. The quantitative estimate of drug-likeness (QED) is 0.933. The molecule has 1 aliphatic carbocycles. The molecule has 0 bridgehead atoms. The molecule has 0 unspecified atom stereocenters. The van der Waals surface area contributed by atoms with Crippen LogP contribution in [0.25, 0.3) is 0 Å². The summed E-state index contributed by atoms with van der Waals surface area (Å²) in [6.45, 7) is 1.98. The summed E-state index contributed by atoms with van der Waals surface area (Å²) in [6.07, 6.45) is 5.74. The fraction of sp³-hybridized carbons (Fsp3) is 0.625. The first-order valence-electron chi connectivity index (χ1n) is 7.96. The molecule has 21 heavy (non-hydrogen) atoms. The highest BCUT2D eigenvalue weighted by Gasteiger charge is 2.29. The highest BCUT2D eigenvalue weighted by molar-refractivity contribution is 7.92. The predicted molar refractivity (Wildman–Crippen MR) is 85.9 cm³/mol. The Hall–Kier alpha value is -1.07. The number of fused-ring (bicyclic) bond motifs is 1. The zero-order valence-corrected chi connectivity index (χ0v) is 13.2. The van der Waals surface area contributed by atoms with Crippen LogP contribution in [0, 0.1) is 5.92 Å². The Balaban J connectivity index is 1.84. The van der Waals surface area contributed by atoms with Crippen molar-refractivity contribution < 1.29 is 8.42 Å². The smallest absolute Gasteiger partial charge is 0.235 e. The van der Waals surface area contributed by atoms with Crippen molar-refractivity contribution in [1.29, 1.82) is 0 Å². The van der Waals surface area contributed by atoms with E-state index in [1.54, 1.807) is 4.31 Å². The van der Waals surface area contributed by atoms with Gasteiger partial charge in [0.15, 0.2) is 0 Å². The first kappa shape index (κ1) is 14.9. The number of benzene rings is 1. The maximum absolute atomic E-state index is 12.9. The summed E-state index contributed by atoms with van der Waals surface area (Å²) in [7, 11) is -3.23. The minimum Gasteiger partial charge on any atom is -0.311 e. The molecule has 0 aromatic heterocycles. The summed E-state index contributed by atoms with van der Waals surface area (Å²) in [5.74, 6) is 0.647. The monoisotopic (exact) mass is 308 g/mol. The largest absolute Gasteiger partial charge is 0.311 e. The van der Waals surface area contributed by atoms with E-state index in [0.29, 0.717) is 24.8 Å². The number of hydrogen-bond donors (Lipinski definition) is 1. The molecule has 5 heteroatoms. The maximum Gasteiger partial charge on any atom is 0.235 e. The summed E-state index contributed by atoms with van der Waals surface area (Å²) < 4.78 is 27.4. The molecule has 2 aliphatic rings. The SMILES string of the molecule is O=S(=O)(CC1CCCCC1)N1CCNCc2ccccc21. The highest BCUT2D eigenvalue weighted by atomic mass is 32.2. The first-order chi connectivity index (χ1) is 10.2. The van der Waals surface area contributed by atoms with E-state index < -0.39 is 10.0 Å². The van der Waals surface area contributed by atoms with Crippen LogP contribution in [-0.4, -0.2) is 27.3 Å². The standard InChI is InChI=1S/C16H24N2O2S/c19-21(20,13-14-6-2-1-3-7-14)18-11-10-17-12-15-8-4-5-9-16(15)18/h4-5,8-9,14,17H,1-3,6-7,10-13H2. The third-order valence-corrected chi connectivity index (χ3v) is 6.52. The average Bonchev–Trinajstić information content (AvgIpc) is 2.70. The van der Waals surface area contributed by atoms with Gasteiger partial charge in [-0.2, -0.15) is 0 Å². The van der Waals surface area contributed by atoms with Gasteiger partial charge in [-0.3, -0.25) is 4.31 Å². The topological polar surface area (TPSA) is 49.4 Å². The molecule has 1 aromatic carbocycles. The van der Waals surface area contributed by atoms with Crippen LogP contribution >= 0.6 is 0 Å². The molecule has 1 aromatic rings. The summed E-state index contributed by atoms with van der Waals surface area (Å²) in [5.41, 5.74) is 1.93. The second-order valence-electron chi connectivity index (χ2n) is 6.16. The molecule has 1 heterocycles. The van der Waals surface area contributed by atoms with Crippen molar-refractivity contribution >= 4 is 15.7 Å². The summed E-state index contributed by atoms with van der Waals surface area (Å²) in [4.78, 5) is 0. The summed E-state index contributed by atoms with van der Waals surface area (Å²) >= 11 is 0. The maximum atomic E-state index is 12.9. The van der Waals surface area contributed by atoms with Gasteiger partial charge in [0.25, 0.3) is 0 Å². The molecule has 1 fully saturated rings. The Labute approximate surface area is 127 Å². The summed E-state index contributed by atoms with van der Waals surface area (Å²) in [5, 5.41) is 3.30. The first-order valence-corrected chi connectivity index (χ1v) is 9.57. The van der Waals surface area contributed by atoms with E-state index in [1.807, 2.05) is 24.3 Å². The van der Waals surface area contributed by atoms with Gasteiger partial charge in [-0.05, 0) is 30.4 Å². The normalized spacial score (nSPS) is 20.9. The molecule has 4 nitrogen and oxygen atoms in total. The van der Waals surface area contributed by atoms with Crippen LogP contribution in [0.1, 0.15) is 37.7 Å². The van der Waals surface area contributed by atoms with E-state index in [0.717, 1.165) is 30.6 Å². The number of nitrogens with zero attached hydrogens (tertiary/aromatic N) is 1. The lowest BCUT2D eigenvalue weighted by molar-refractivity contribution is 0.384. The second-order valence-corrected chi connectivity index (χ2v) is 8.10. The van der Waals surface area contributed by atoms with E-state index in [2.05, 4.69) is 5.32 Å². The molecule has 1 aliphatic heterocycles. The number of sulfonamides is 1. The zero-order chi connectivity index (χ0) is 14.7. The van der Waals surface area contributed by atoms with Crippen LogP contribution in [0.15, 0.2) is 24.3 Å². The minimum absolute atomic E-state index is 0.307. The molecule has 0 atom stereocenters. The van der Waals surface area contributed by atoms with Crippen molar-refractivity contribution in [1.82, 2.24) is 5.32 Å². The average molecular weight is 308 g/mol. The molecular formula is C16H24N2O2S. The van der Waals surface area contributed by atoms with E-state index in [-0.39, 0.29) is 0 Å². The number of hydrogen-bond acceptors (Lipinski definition) is 3. The molecule has 0 spiro atoms. The van der Waals surface area contributed by atoms with Crippen LogP contribution in [0.2, 0.25) is 0 Å². The zero-order valence-electron chi connectivity index (χ0n) is 12.4. The fourth-order valence-corrected chi connectivity index (χ4v) is 5.41. The Bertz CT molecular complexity index is 580. The van der Waals surface area contributed by atoms with Crippen molar-refractivity contribution in [2.75, 3.05) is 23.1 Å². The van der Waals surface area contributed by atoms with Gasteiger partial charge in [-0.1, -0.05) is 37.5 Å². The molecular weight excluding hydrogens is 284 g/mol. The molecule has 1 N–H and O–H groups in total. The van der Waals surface area contributed by atoms with Gasteiger partial charge in [-0.15, -0.1) is 0 Å². The van der Waals surface area contributed by atoms with Gasteiger partial charge in [0.2, 0.25) is 10.0 Å². The number of para-hydroxylation sites is 1. The van der Waals surface area contributed by atoms with E-state index in [9.17, 15) is 8.42 Å². The van der Waals surface area contributed by atoms with Gasteiger partial charge < -0.3 is 5.32 Å². The van der Waals surface area contributed by atoms with Crippen molar-refractivity contribution in [2.45, 2.75) is 38.6 Å². The van der Waals surface area contributed by atoms with Crippen LogP contribution < -0.4 is 9.62 Å². The second kappa shape index (κ2) is 6.36. The highest BCUT2D eigenvalue weighted by Crippen LogP contribution is 2.29. The molecule has 0 radical (unpaired) electrons. The Morgan fingerprint density at radius 1 is 1.14 bits per heavy atom. The lowest BCUT2D eigenvalue weighted by Gasteiger charge is -2.28. The van der Waals surface area contributed by atoms with Gasteiger partial charge in [0.05, 0.1) is 11.4 Å².